The van der Waals surface area contributed by atoms with Crippen LogP contribution in [0.1, 0.15) is 64.7 Å². The molecule has 2 rings (SSSR count). The molecule has 1 unspecified atom stereocenters. The van der Waals surface area contributed by atoms with Crippen LogP contribution in [0.15, 0.2) is 0 Å². The molecule has 1 heterocycles. The molecule has 18 heavy (non-hydrogen) atoms. The molecule has 1 saturated carbocycles. The monoisotopic (exact) mass is 252 g/mol. The fourth-order valence-corrected chi connectivity index (χ4v) is 3.92. The molecule has 1 aliphatic carbocycles. The predicted molar refractivity (Wildman–Crippen MR) is 78.6 cm³/mol. The van der Waals surface area contributed by atoms with E-state index in [0.717, 1.165) is 24.4 Å². The predicted octanol–water partition coefficient (Wildman–Crippen LogP) is 3.41. The van der Waals surface area contributed by atoms with Crippen molar-refractivity contribution in [2.24, 2.45) is 17.6 Å². The van der Waals surface area contributed by atoms with Crippen LogP contribution >= 0.6 is 0 Å². The lowest BCUT2D eigenvalue weighted by Gasteiger charge is -2.35. The van der Waals surface area contributed by atoms with Gasteiger partial charge in [-0.15, -0.1) is 0 Å². The van der Waals surface area contributed by atoms with Crippen LogP contribution in [0, 0.1) is 11.8 Å². The Hall–Kier alpha value is -0.0800. The highest BCUT2D eigenvalue weighted by Gasteiger charge is 2.25. The third kappa shape index (κ3) is 3.96. The standard InChI is InChI=1S/C16H32N2/c1-2-16-6-4-3-5-11-18(16)13-15-9-7-14(12-17)8-10-15/h14-16H,2-13,17H2,1H3. The van der Waals surface area contributed by atoms with Gasteiger partial charge in [-0.25, -0.2) is 0 Å². The van der Waals surface area contributed by atoms with E-state index < -0.39 is 0 Å². The van der Waals surface area contributed by atoms with Crippen LogP contribution in [0.4, 0.5) is 0 Å². The summed E-state index contributed by atoms with van der Waals surface area (Å²) in [5.41, 5.74) is 5.79. The van der Waals surface area contributed by atoms with Gasteiger partial charge in [-0.2, -0.15) is 0 Å². The molecule has 2 aliphatic rings. The number of nitrogens with zero attached hydrogens (tertiary/aromatic N) is 1. The van der Waals surface area contributed by atoms with E-state index in [1.54, 1.807) is 0 Å². The first-order valence-electron chi connectivity index (χ1n) is 8.27. The quantitative estimate of drug-likeness (QED) is 0.831. The van der Waals surface area contributed by atoms with Gasteiger partial charge in [0.05, 0.1) is 0 Å². The van der Waals surface area contributed by atoms with Crippen LogP contribution in [0.25, 0.3) is 0 Å². The minimum absolute atomic E-state index is 0.826. The largest absolute Gasteiger partial charge is 0.330 e. The van der Waals surface area contributed by atoms with Gasteiger partial charge < -0.3 is 10.6 Å². The summed E-state index contributed by atoms with van der Waals surface area (Å²) in [7, 11) is 0. The van der Waals surface area contributed by atoms with Gasteiger partial charge in [0.2, 0.25) is 0 Å². The lowest BCUT2D eigenvalue weighted by Crippen LogP contribution is -2.39. The maximum atomic E-state index is 5.79. The van der Waals surface area contributed by atoms with Gasteiger partial charge in [0.25, 0.3) is 0 Å². The van der Waals surface area contributed by atoms with Crippen molar-refractivity contribution in [3.8, 4) is 0 Å². The average molecular weight is 252 g/mol. The molecule has 0 aromatic rings. The van der Waals surface area contributed by atoms with Gasteiger partial charge in [-0.05, 0) is 69.9 Å². The van der Waals surface area contributed by atoms with Crippen LogP contribution < -0.4 is 5.73 Å². The fraction of sp³-hybridized carbons (Fsp3) is 1.00. The molecule has 0 spiro atoms. The molecular formula is C16H32N2. The van der Waals surface area contributed by atoms with Crippen LogP contribution in [-0.4, -0.2) is 30.6 Å². The molecule has 0 bridgehead atoms. The molecule has 0 amide bonds. The van der Waals surface area contributed by atoms with Gasteiger partial charge in [-0.1, -0.05) is 19.8 Å². The molecule has 2 heteroatoms. The highest BCUT2D eigenvalue weighted by atomic mass is 15.2. The van der Waals surface area contributed by atoms with Gasteiger partial charge in [0.1, 0.15) is 0 Å². The SMILES string of the molecule is CCC1CCCCCN1CC1CCC(CN)CC1. The minimum Gasteiger partial charge on any atom is -0.330 e. The van der Waals surface area contributed by atoms with Crippen molar-refractivity contribution >= 4 is 0 Å². The Morgan fingerprint density at radius 3 is 2.33 bits per heavy atom. The number of nitrogens with two attached hydrogens (primary N) is 1. The summed E-state index contributed by atoms with van der Waals surface area (Å²) >= 11 is 0. The van der Waals surface area contributed by atoms with Gasteiger partial charge in [0, 0.05) is 12.6 Å². The Bertz CT molecular complexity index is 221. The molecule has 0 aromatic carbocycles. The molecule has 0 radical (unpaired) electrons. The molecule has 2 fully saturated rings. The van der Waals surface area contributed by atoms with Crippen molar-refractivity contribution in [1.82, 2.24) is 4.90 Å². The smallest absolute Gasteiger partial charge is 0.00927 e. The van der Waals surface area contributed by atoms with Crippen LogP contribution in [0.2, 0.25) is 0 Å². The van der Waals surface area contributed by atoms with E-state index in [-0.39, 0.29) is 0 Å². The van der Waals surface area contributed by atoms with E-state index in [9.17, 15) is 0 Å². The van der Waals surface area contributed by atoms with Crippen molar-refractivity contribution in [2.75, 3.05) is 19.6 Å². The van der Waals surface area contributed by atoms with E-state index in [1.165, 1.54) is 70.9 Å². The van der Waals surface area contributed by atoms with Crippen LogP contribution in [0.5, 0.6) is 0 Å². The molecular weight excluding hydrogens is 220 g/mol. The molecule has 2 nitrogen and oxygen atoms in total. The van der Waals surface area contributed by atoms with E-state index in [1.807, 2.05) is 0 Å². The van der Waals surface area contributed by atoms with Crippen molar-refractivity contribution in [1.29, 1.82) is 0 Å². The molecule has 1 atom stereocenters. The highest BCUT2D eigenvalue weighted by Crippen LogP contribution is 2.30. The molecule has 1 aliphatic heterocycles. The Balaban J connectivity index is 1.80. The number of rotatable bonds is 4. The van der Waals surface area contributed by atoms with Gasteiger partial charge in [-0.3, -0.25) is 0 Å². The summed E-state index contributed by atoms with van der Waals surface area (Å²) in [6.07, 6.45) is 12.7. The third-order valence-electron chi connectivity index (χ3n) is 5.26. The van der Waals surface area contributed by atoms with Crippen molar-refractivity contribution in [3.05, 3.63) is 0 Å². The molecule has 1 saturated heterocycles. The van der Waals surface area contributed by atoms with Crippen LogP contribution in [0.3, 0.4) is 0 Å². The second kappa shape index (κ2) is 7.49. The first-order chi connectivity index (χ1) is 8.83. The van der Waals surface area contributed by atoms with E-state index in [2.05, 4.69) is 11.8 Å². The second-order valence-electron chi connectivity index (χ2n) is 6.53. The summed E-state index contributed by atoms with van der Waals surface area (Å²) in [5, 5.41) is 0. The number of hydrogen-bond donors (Lipinski definition) is 1. The van der Waals surface area contributed by atoms with E-state index >= 15 is 0 Å². The van der Waals surface area contributed by atoms with E-state index in [0.29, 0.717) is 0 Å². The highest BCUT2D eigenvalue weighted by molar-refractivity contribution is 4.80. The van der Waals surface area contributed by atoms with Gasteiger partial charge >= 0.3 is 0 Å². The maximum absolute atomic E-state index is 5.79. The Kier molecular flexibility index (Phi) is 5.97. The summed E-state index contributed by atoms with van der Waals surface area (Å²) in [5.74, 6) is 1.78. The lowest BCUT2D eigenvalue weighted by atomic mass is 9.81. The van der Waals surface area contributed by atoms with Crippen LogP contribution in [-0.2, 0) is 0 Å². The normalized spacial score (nSPS) is 35.3. The third-order valence-corrected chi connectivity index (χ3v) is 5.26. The number of likely N-dealkylation sites (tertiary alicyclic amines) is 1. The van der Waals surface area contributed by atoms with Gasteiger partial charge in [0.15, 0.2) is 0 Å². The Morgan fingerprint density at radius 2 is 1.67 bits per heavy atom. The summed E-state index contributed by atoms with van der Waals surface area (Å²) in [4.78, 5) is 2.82. The van der Waals surface area contributed by atoms with Crippen molar-refractivity contribution in [3.63, 3.8) is 0 Å². The maximum Gasteiger partial charge on any atom is 0.00927 e. The molecule has 2 N–H and O–H groups in total. The fourth-order valence-electron chi connectivity index (χ4n) is 3.92. The Labute approximate surface area is 113 Å². The zero-order chi connectivity index (χ0) is 12.8. The minimum atomic E-state index is 0.826. The van der Waals surface area contributed by atoms with E-state index in [4.69, 9.17) is 5.73 Å². The molecule has 106 valence electrons. The molecule has 0 aromatic heterocycles. The first-order valence-corrected chi connectivity index (χ1v) is 8.27. The number of hydrogen-bond acceptors (Lipinski definition) is 2. The summed E-state index contributed by atoms with van der Waals surface area (Å²) < 4.78 is 0. The van der Waals surface area contributed by atoms with Crippen molar-refractivity contribution in [2.45, 2.75) is 70.8 Å². The second-order valence-corrected chi connectivity index (χ2v) is 6.53. The zero-order valence-electron chi connectivity index (χ0n) is 12.2. The zero-order valence-corrected chi connectivity index (χ0v) is 12.2. The lowest BCUT2D eigenvalue weighted by molar-refractivity contribution is 0.137. The Morgan fingerprint density at radius 1 is 0.944 bits per heavy atom. The first kappa shape index (κ1) is 14.3. The summed E-state index contributed by atoms with van der Waals surface area (Å²) in [6.45, 7) is 6.01. The topological polar surface area (TPSA) is 29.3 Å². The van der Waals surface area contributed by atoms with Crippen molar-refractivity contribution < 1.29 is 0 Å². The average Bonchev–Trinajstić information content (AvgIpc) is 2.64. The summed E-state index contributed by atoms with van der Waals surface area (Å²) in [6, 6.07) is 0.875.